The molecule has 1 saturated carbocycles. The fourth-order valence-electron chi connectivity index (χ4n) is 4.40. The molecule has 1 aliphatic carbocycles. The minimum atomic E-state index is -0.382. The Bertz CT molecular complexity index is 519. The quantitative estimate of drug-likeness (QED) is 0.792. The van der Waals surface area contributed by atoms with E-state index in [1.165, 1.54) is 0 Å². The average Bonchev–Trinajstić information content (AvgIpc) is 3.34. The van der Waals surface area contributed by atoms with Crippen LogP contribution in [0.5, 0.6) is 0 Å². The van der Waals surface area contributed by atoms with E-state index in [9.17, 15) is 14.4 Å². The molecule has 7 heteroatoms. The van der Waals surface area contributed by atoms with Crippen LogP contribution in [0.1, 0.15) is 58.3 Å². The number of hydrogen-bond acceptors (Lipinski definition) is 4. The van der Waals surface area contributed by atoms with Crippen molar-refractivity contribution < 1.29 is 14.4 Å². The van der Waals surface area contributed by atoms with Gasteiger partial charge in [-0.1, -0.05) is 12.8 Å². The van der Waals surface area contributed by atoms with E-state index in [0.717, 1.165) is 77.5 Å². The van der Waals surface area contributed by atoms with Crippen LogP contribution in [-0.4, -0.2) is 65.9 Å². The van der Waals surface area contributed by atoms with Gasteiger partial charge in [-0.05, 0) is 58.5 Å². The Labute approximate surface area is 155 Å². The van der Waals surface area contributed by atoms with Crippen molar-refractivity contribution >= 4 is 17.8 Å². The van der Waals surface area contributed by atoms with Gasteiger partial charge in [-0.2, -0.15) is 0 Å². The summed E-state index contributed by atoms with van der Waals surface area (Å²) in [6, 6.07) is -0.537. The highest BCUT2D eigenvalue weighted by Crippen LogP contribution is 2.23. The number of amides is 4. The van der Waals surface area contributed by atoms with Crippen LogP contribution in [0.2, 0.25) is 0 Å². The van der Waals surface area contributed by atoms with Gasteiger partial charge in [-0.25, -0.2) is 4.79 Å². The average molecular weight is 364 g/mol. The Hall–Kier alpha value is -1.63. The van der Waals surface area contributed by atoms with Crippen molar-refractivity contribution in [1.82, 2.24) is 20.4 Å². The van der Waals surface area contributed by atoms with E-state index in [1.807, 2.05) is 11.8 Å². The molecule has 0 radical (unpaired) electrons. The molecule has 3 rings (SSSR count). The Morgan fingerprint density at radius 3 is 2.12 bits per heavy atom. The van der Waals surface area contributed by atoms with Crippen molar-refractivity contribution in [2.45, 2.75) is 70.4 Å². The van der Waals surface area contributed by atoms with Crippen LogP contribution in [0.4, 0.5) is 4.79 Å². The van der Waals surface area contributed by atoms with Gasteiger partial charge in [0.15, 0.2) is 0 Å². The maximum absolute atomic E-state index is 12.5. The topological polar surface area (TPSA) is 81.8 Å². The first-order valence-corrected chi connectivity index (χ1v) is 10.2. The van der Waals surface area contributed by atoms with E-state index in [4.69, 9.17) is 0 Å². The number of nitrogens with one attached hydrogen (secondary N) is 2. The van der Waals surface area contributed by atoms with Gasteiger partial charge in [0.1, 0.15) is 0 Å². The zero-order valence-electron chi connectivity index (χ0n) is 15.8. The summed E-state index contributed by atoms with van der Waals surface area (Å²) < 4.78 is 0. The first-order chi connectivity index (χ1) is 12.5. The molecule has 0 bridgehead atoms. The molecule has 3 aliphatic rings. The summed E-state index contributed by atoms with van der Waals surface area (Å²) in [4.78, 5) is 40.9. The van der Waals surface area contributed by atoms with E-state index >= 15 is 0 Å². The van der Waals surface area contributed by atoms with Crippen LogP contribution in [0.25, 0.3) is 0 Å². The summed E-state index contributed by atoms with van der Waals surface area (Å²) in [7, 11) is 0. The number of urea groups is 1. The molecule has 2 N–H and O–H groups in total. The number of nitrogens with zero attached hydrogens (tertiary/aromatic N) is 2. The number of carbonyl (C=O) groups excluding carboxylic acids is 3. The van der Waals surface area contributed by atoms with Gasteiger partial charge in [0.05, 0.1) is 6.04 Å². The van der Waals surface area contributed by atoms with Crippen LogP contribution >= 0.6 is 0 Å². The molecule has 4 amide bonds. The Kier molecular flexibility index (Phi) is 6.51. The van der Waals surface area contributed by atoms with Crippen LogP contribution in [0.15, 0.2) is 0 Å². The highest BCUT2D eigenvalue weighted by Gasteiger charge is 2.33. The monoisotopic (exact) mass is 364 g/mol. The van der Waals surface area contributed by atoms with E-state index in [0.29, 0.717) is 0 Å². The molecule has 0 aromatic rings. The lowest BCUT2D eigenvalue weighted by atomic mass is 9.94. The number of piperidine rings is 1. The standard InChI is InChI=1S/C19H32N4O3/c1-14(17(24)21-19(26)20-16-6-2-3-7-16)22-12-8-15(9-13-22)18(25)23-10-4-5-11-23/h14-16H,2-13H2,1H3,(H2,20,21,24,26). The highest BCUT2D eigenvalue weighted by molar-refractivity contribution is 5.96. The predicted molar refractivity (Wildman–Crippen MR) is 98.5 cm³/mol. The molecule has 0 aromatic heterocycles. The van der Waals surface area contributed by atoms with Gasteiger partial charge >= 0.3 is 6.03 Å². The van der Waals surface area contributed by atoms with Crippen molar-refractivity contribution in [1.29, 1.82) is 0 Å². The first-order valence-electron chi connectivity index (χ1n) is 10.2. The van der Waals surface area contributed by atoms with Crippen molar-refractivity contribution in [2.24, 2.45) is 5.92 Å². The molecule has 0 aromatic carbocycles. The van der Waals surface area contributed by atoms with Crippen LogP contribution < -0.4 is 10.6 Å². The van der Waals surface area contributed by atoms with E-state index in [2.05, 4.69) is 15.5 Å². The van der Waals surface area contributed by atoms with E-state index in [-0.39, 0.29) is 35.8 Å². The first kappa shape index (κ1) is 19.1. The molecule has 1 atom stereocenters. The number of imide groups is 1. The number of likely N-dealkylation sites (tertiary alicyclic amines) is 2. The molecule has 2 heterocycles. The lowest BCUT2D eigenvalue weighted by molar-refractivity contribution is -0.136. The van der Waals surface area contributed by atoms with Gasteiger partial charge in [-0.3, -0.25) is 19.8 Å². The smallest absolute Gasteiger partial charge is 0.321 e. The Morgan fingerprint density at radius 1 is 0.885 bits per heavy atom. The summed E-state index contributed by atoms with van der Waals surface area (Å²) in [5, 5.41) is 5.36. The Balaban J connectivity index is 1.40. The minimum absolute atomic E-state index is 0.0882. The molecular formula is C19H32N4O3. The number of hydrogen-bond donors (Lipinski definition) is 2. The van der Waals surface area contributed by atoms with Gasteiger partial charge < -0.3 is 10.2 Å². The fourth-order valence-corrected chi connectivity index (χ4v) is 4.40. The third-order valence-electron chi connectivity index (χ3n) is 6.15. The third kappa shape index (κ3) is 4.75. The van der Waals surface area contributed by atoms with Gasteiger partial charge in [0.25, 0.3) is 0 Å². The summed E-state index contributed by atoms with van der Waals surface area (Å²) in [6.07, 6.45) is 8.09. The molecule has 2 saturated heterocycles. The van der Waals surface area contributed by atoms with Crippen molar-refractivity contribution in [3.05, 3.63) is 0 Å². The van der Waals surface area contributed by atoms with Crippen LogP contribution in [-0.2, 0) is 9.59 Å². The zero-order valence-corrected chi connectivity index (χ0v) is 15.8. The maximum atomic E-state index is 12.5. The van der Waals surface area contributed by atoms with E-state index < -0.39 is 0 Å². The lowest BCUT2D eigenvalue weighted by Crippen LogP contribution is -2.53. The fraction of sp³-hybridized carbons (Fsp3) is 0.842. The third-order valence-corrected chi connectivity index (χ3v) is 6.15. The van der Waals surface area contributed by atoms with Gasteiger partial charge in [0.2, 0.25) is 11.8 Å². The van der Waals surface area contributed by atoms with Gasteiger partial charge in [0, 0.05) is 25.0 Å². The van der Waals surface area contributed by atoms with Crippen LogP contribution in [0.3, 0.4) is 0 Å². The second kappa shape index (κ2) is 8.84. The van der Waals surface area contributed by atoms with Crippen LogP contribution in [0, 0.1) is 5.92 Å². The van der Waals surface area contributed by atoms with Gasteiger partial charge in [-0.15, -0.1) is 0 Å². The minimum Gasteiger partial charge on any atom is -0.342 e. The largest absolute Gasteiger partial charge is 0.342 e. The SMILES string of the molecule is CC(C(=O)NC(=O)NC1CCCC1)N1CCC(C(=O)N2CCCC2)CC1. The van der Waals surface area contributed by atoms with Crippen molar-refractivity contribution in [2.75, 3.05) is 26.2 Å². The Morgan fingerprint density at radius 2 is 1.50 bits per heavy atom. The molecule has 1 unspecified atom stereocenters. The zero-order chi connectivity index (χ0) is 18.5. The number of rotatable bonds is 4. The second-order valence-corrected chi connectivity index (χ2v) is 7.96. The molecule has 26 heavy (non-hydrogen) atoms. The summed E-state index contributed by atoms with van der Waals surface area (Å²) in [5.74, 6) is 0.116. The lowest BCUT2D eigenvalue weighted by Gasteiger charge is -2.35. The summed E-state index contributed by atoms with van der Waals surface area (Å²) in [6.45, 7) is 5.08. The van der Waals surface area contributed by atoms with Crippen molar-refractivity contribution in [3.63, 3.8) is 0 Å². The molecule has 7 nitrogen and oxygen atoms in total. The number of carbonyl (C=O) groups is 3. The highest BCUT2D eigenvalue weighted by atomic mass is 16.2. The normalized spacial score (nSPS) is 23.8. The molecular weight excluding hydrogens is 332 g/mol. The van der Waals surface area contributed by atoms with Crippen molar-refractivity contribution in [3.8, 4) is 0 Å². The predicted octanol–water partition coefficient (Wildman–Crippen LogP) is 1.48. The second-order valence-electron chi connectivity index (χ2n) is 7.96. The summed E-state index contributed by atoms with van der Waals surface area (Å²) >= 11 is 0. The molecule has 2 aliphatic heterocycles. The molecule has 0 spiro atoms. The summed E-state index contributed by atoms with van der Waals surface area (Å²) in [5.41, 5.74) is 0. The molecule has 146 valence electrons. The maximum Gasteiger partial charge on any atom is 0.321 e. The molecule has 3 fully saturated rings. The van der Waals surface area contributed by atoms with E-state index in [1.54, 1.807) is 0 Å².